The lowest BCUT2D eigenvalue weighted by atomic mass is 9.94. The Hall–Kier alpha value is -0.570. The van der Waals surface area contributed by atoms with Crippen molar-refractivity contribution in [2.24, 2.45) is 5.73 Å². The number of hydrogen-bond donors (Lipinski definition) is 2. The summed E-state index contributed by atoms with van der Waals surface area (Å²) in [5, 5.41) is 0.698. The Kier molecular flexibility index (Phi) is 4.82. The molecule has 0 fully saturated rings. The predicted octanol–water partition coefficient (Wildman–Crippen LogP) is 1.57. The summed E-state index contributed by atoms with van der Waals surface area (Å²) in [6.45, 7) is 5.45. The van der Waals surface area contributed by atoms with E-state index in [2.05, 4.69) is 9.71 Å². The van der Waals surface area contributed by atoms with Crippen LogP contribution in [-0.4, -0.2) is 23.9 Å². The van der Waals surface area contributed by atoms with Gasteiger partial charge in [0.2, 0.25) is 0 Å². The normalized spacial score (nSPS) is 12.6. The fourth-order valence-corrected chi connectivity index (χ4v) is 4.60. The molecule has 0 spiro atoms. The van der Waals surface area contributed by atoms with E-state index in [0.29, 0.717) is 17.8 Å². The fraction of sp³-hybridized carbons (Fsp3) is 0.600. The van der Waals surface area contributed by atoms with E-state index in [-0.39, 0.29) is 9.20 Å². The average molecular weight is 307 g/mol. The van der Waals surface area contributed by atoms with Crippen LogP contribution in [0.5, 0.6) is 0 Å². The number of rotatable bonds is 6. The molecular weight excluding hydrogens is 290 g/mol. The monoisotopic (exact) mass is 307 g/mol. The van der Waals surface area contributed by atoms with Crippen LogP contribution in [0.4, 0.5) is 0 Å². The van der Waals surface area contributed by atoms with E-state index in [1.54, 1.807) is 6.92 Å². The van der Waals surface area contributed by atoms with Gasteiger partial charge in [0.05, 0.1) is 21.7 Å². The molecule has 0 bridgehead atoms. The van der Waals surface area contributed by atoms with E-state index >= 15 is 0 Å². The van der Waals surface area contributed by atoms with Crippen LogP contribution in [-0.2, 0) is 10.0 Å². The zero-order valence-electron chi connectivity index (χ0n) is 10.6. The topological polar surface area (TPSA) is 85.1 Å². The maximum atomic E-state index is 12.2. The molecule has 8 heteroatoms. The van der Waals surface area contributed by atoms with Gasteiger partial charge >= 0.3 is 0 Å². The third-order valence-corrected chi connectivity index (χ3v) is 6.17. The fourth-order valence-electron chi connectivity index (χ4n) is 1.57. The first-order chi connectivity index (χ1) is 8.27. The number of thiocarbonyl (C=S) groups is 1. The molecule has 0 aliphatic rings. The van der Waals surface area contributed by atoms with Crippen molar-refractivity contribution in [3.8, 4) is 0 Å². The van der Waals surface area contributed by atoms with Gasteiger partial charge in [-0.3, -0.25) is 0 Å². The largest absolute Gasteiger partial charge is 0.392 e. The Morgan fingerprint density at radius 1 is 1.56 bits per heavy atom. The first-order valence-corrected chi connectivity index (χ1v) is 8.24. The number of nitrogens with zero attached hydrogens (tertiary/aromatic N) is 1. The van der Waals surface area contributed by atoms with Crippen LogP contribution >= 0.6 is 23.6 Å². The molecule has 18 heavy (non-hydrogen) atoms. The van der Waals surface area contributed by atoms with Crippen molar-refractivity contribution in [1.29, 1.82) is 0 Å². The number of nitrogens with one attached hydrogen (secondary N) is 1. The summed E-state index contributed by atoms with van der Waals surface area (Å²) in [7, 11) is -3.63. The molecule has 3 N–H and O–H groups in total. The minimum absolute atomic E-state index is 0.164. The molecule has 0 saturated heterocycles. The zero-order valence-corrected chi connectivity index (χ0v) is 13.0. The molecule has 102 valence electrons. The molecule has 0 amide bonds. The maximum Gasteiger partial charge on any atom is 0.252 e. The van der Waals surface area contributed by atoms with Gasteiger partial charge < -0.3 is 5.73 Å². The Balaban J connectivity index is 3.11. The average Bonchev–Trinajstić information content (AvgIpc) is 2.73. The van der Waals surface area contributed by atoms with E-state index in [1.165, 1.54) is 6.20 Å². The molecule has 0 saturated carbocycles. The highest BCUT2D eigenvalue weighted by Gasteiger charge is 2.35. The number of hydrogen-bond acceptors (Lipinski definition) is 5. The quantitative estimate of drug-likeness (QED) is 0.779. The molecule has 5 nitrogen and oxygen atoms in total. The van der Waals surface area contributed by atoms with Crippen molar-refractivity contribution in [1.82, 2.24) is 9.71 Å². The van der Waals surface area contributed by atoms with Gasteiger partial charge in [-0.25, -0.2) is 13.4 Å². The van der Waals surface area contributed by atoms with Gasteiger partial charge in [0.25, 0.3) is 10.0 Å². The summed E-state index contributed by atoms with van der Waals surface area (Å²) in [5.74, 6) is 0. The number of thiazole rings is 1. The summed E-state index contributed by atoms with van der Waals surface area (Å²) in [6, 6.07) is 0. The molecule has 0 aromatic carbocycles. The highest BCUT2D eigenvalue weighted by molar-refractivity contribution is 7.91. The van der Waals surface area contributed by atoms with Crippen molar-refractivity contribution in [3.63, 3.8) is 0 Å². The Bertz CT molecular complexity index is 532. The van der Waals surface area contributed by atoms with Crippen molar-refractivity contribution >= 4 is 38.6 Å². The maximum absolute atomic E-state index is 12.2. The van der Waals surface area contributed by atoms with E-state index in [9.17, 15) is 8.42 Å². The SMILES string of the molecule is CCC(CC)(NS(=O)(=O)c1cnc(C)s1)C(N)=S. The molecule has 0 radical (unpaired) electrons. The summed E-state index contributed by atoms with van der Waals surface area (Å²) in [4.78, 5) is 4.11. The zero-order chi connectivity index (χ0) is 14.0. The molecule has 0 aliphatic carbocycles. The van der Waals surface area contributed by atoms with Gasteiger partial charge in [-0.2, -0.15) is 4.72 Å². The molecule has 1 aromatic heterocycles. The number of aryl methyl sites for hydroxylation is 1. The predicted molar refractivity (Wildman–Crippen MR) is 77.3 cm³/mol. The Morgan fingerprint density at radius 2 is 2.11 bits per heavy atom. The van der Waals surface area contributed by atoms with Gasteiger partial charge in [0, 0.05) is 0 Å². The second kappa shape index (κ2) is 5.60. The lowest BCUT2D eigenvalue weighted by Crippen LogP contribution is -2.55. The number of aromatic nitrogens is 1. The lowest BCUT2D eigenvalue weighted by molar-refractivity contribution is 0.466. The third-order valence-electron chi connectivity index (χ3n) is 2.87. The minimum Gasteiger partial charge on any atom is -0.392 e. The summed E-state index contributed by atoms with van der Waals surface area (Å²) >= 11 is 6.11. The van der Waals surface area contributed by atoms with Crippen LogP contribution in [0.1, 0.15) is 31.7 Å². The van der Waals surface area contributed by atoms with Gasteiger partial charge in [-0.05, 0) is 19.8 Å². The molecule has 0 unspecified atom stereocenters. The van der Waals surface area contributed by atoms with Gasteiger partial charge in [-0.15, -0.1) is 11.3 Å². The first kappa shape index (κ1) is 15.5. The summed E-state index contributed by atoms with van der Waals surface area (Å²) in [5.41, 5.74) is 4.81. The van der Waals surface area contributed by atoms with E-state index in [0.717, 1.165) is 11.3 Å². The van der Waals surface area contributed by atoms with Crippen LogP contribution in [0.2, 0.25) is 0 Å². The first-order valence-electron chi connectivity index (χ1n) is 5.53. The second-order valence-electron chi connectivity index (χ2n) is 3.96. The van der Waals surface area contributed by atoms with Crippen molar-refractivity contribution < 1.29 is 8.42 Å². The molecule has 1 heterocycles. The van der Waals surface area contributed by atoms with E-state index in [1.807, 2.05) is 13.8 Å². The van der Waals surface area contributed by atoms with Crippen molar-refractivity contribution in [2.75, 3.05) is 0 Å². The smallest absolute Gasteiger partial charge is 0.252 e. The molecular formula is C10H17N3O2S3. The van der Waals surface area contributed by atoms with Gasteiger partial charge in [0.15, 0.2) is 4.21 Å². The summed E-state index contributed by atoms with van der Waals surface area (Å²) in [6.07, 6.45) is 2.36. The summed E-state index contributed by atoms with van der Waals surface area (Å²) < 4.78 is 27.2. The van der Waals surface area contributed by atoms with Gasteiger partial charge in [-0.1, -0.05) is 26.1 Å². The molecule has 0 atom stereocenters. The van der Waals surface area contributed by atoms with Crippen LogP contribution in [0.25, 0.3) is 0 Å². The number of sulfonamides is 1. The highest BCUT2D eigenvalue weighted by Crippen LogP contribution is 2.23. The van der Waals surface area contributed by atoms with Crippen LogP contribution < -0.4 is 10.5 Å². The Morgan fingerprint density at radius 3 is 2.44 bits per heavy atom. The van der Waals surface area contributed by atoms with Crippen molar-refractivity contribution in [2.45, 2.75) is 43.4 Å². The van der Waals surface area contributed by atoms with Crippen LogP contribution in [0.3, 0.4) is 0 Å². The van der Waals surface area contributed by atoms with E-state index in [4.69, 9.17) is 18.0 Å². The second-order valence-corrected chi connectivity index (χ2v) is 7.54. The number of nitrogens with two attached hydrogens (primary N) is 1. The van der Waals surface area contributed by atoms with E-state index < -0.39 is 15.6 Å². The molecule has 1 rings (SSSR count). The van der Waals surface area contributed by atoms with Crippen molar-refractivity contribution in [3.05, 3.63) is 11.2 Å². The van der Waals surface area contributed by atoms with Gasteiger partial charge in [0.1, 0.15) is 0 Å². The highest BCUT2D eigenvalue weighted by atomic mass is 32.2. The lowest BCUT2D eigenvalue weighted by Gasteiger charge is -2.30. The molecule has 1 aromatic rings. The van der Waals surface area contributed by atoms with Crippen LogP contribution in [0, 0.1) is 6.92 Å². The standard InChI is InChI=1S/C10H17N3O2S3/c1-4-10(5-2,9(11)16)13-18(14,15)8-6-12-7(3)17-8/h6,13H,4-5H2,1-3H3,(H2,11,16). The van der Waals surface area contributed by atoms with Crippen LogP contribution in [0.15, 0.2) is 10.4 Å². The third kappa shape index (κ3) is 3.05. The Labute approximate surface area is 117 Å². The molecule has 0 aliphatic heterocycles. The minimum atomic E-state index is -3.63.